The van der Waals surface area contributed by atoms with E-state index < -0.39 is 0 Å². The molecule has 1 aromatic carbocycles. The van der Waals surface area contributed by atoms with Crippen molar-refractivity contribution < 1.29 is 4.74 Å². The van der Waals surface area contributed by atoms with Crippen LogP contribution in [0.2, 0.25) is 0 Å². The van der Waals surface area contributed by atoms with Gasteiger partial charge in [-0.15, -0.1) is 0 Å². The van der Waals surface area contributed by atoms with Gasteiger partial charge in [-0.05, 0) is 46.1 Å². The quantitative estimate of drug-likeness (QED) is 0.413. The van der Waals surface area contributed by atoms with E-state index in [1.807, 2.05) is 49.6 Å². The molecule has 0 radical (unpaired) electrons. The normalized spacial score (nSPS) is 14.3. The molecule has 3 rings (SSSR count). The van der Waals surface area contributed by atoms with Gasteiger partial charge < -0.3 is 15.4 Å². The predicted molar refractivity (Wildman–Crippen MR) is 119 cm³/mol. The Bertz CT molecular complexity index is 922. The van der Waals surface area contributed by atoms with Crippen LogP contribution < -0.4 is 21.1 Å². The lowest BCUT2D eigenvalue weighted by atomic mass is 10.1. The highest BCUT2D eigenvalue weighted by atomic mass is 16.5. The molecular formula is C22H34N6O2. The van der Waals surface area contributed by atoms with Crippen molar-refractivity contribution >= 4 is 5.96 Å². The molecule has 1 aromatic heterocycles. The van der Waals surface area contributed by atoms with E-state index in [1.54, 1.807) is 11.7 Å². The third-order valence-corrected chi connectivity index (χ3v) is 4.93. The molecule has 8 heteroatoms. The van der Waals surface area contributed by atoms with E-state index >= 15 is 0 Å². The van der Waals surface area contributed by atoms with E-state index in [-0.39, 0.29) is 11.3 Å². The number of hydrogen-bond donors (Lipinski definition) is 2. The van der Waals surface area contributed by atoms with Crippen LogP contribution in [-0.4, -0.2) is 39.5 Å². The number of benzene rings is 1. The zero-order chi connectivity index (χ0) is 21.6. The van der Waals surface area contributed by atoms with Crippen LogP contribution in [0.25, 0.3) is 0 Å². The summed E-state index contributed by atoms with van der Waals surface area (Å²) in [4.78, 5) is 16.7. The third-order valence-electron chi connectivity index (χ3n) is 4.93. The lowest BCUT2D eigenvalue weighted by Crippen LogP contribution is -2.38. The number of aromatic nitrogens is 3. The maximum Gasteiger partial charge on any atom is 0.345 e. The average molecular weight is 415 g/mol. The molecule has 1 aliphatic heterocycles. The monoisotopic (exact) mass is 414 g/mol. The number of guanidine groups is 1. The molecule has 0 spiro atoms. The van der Waals surface area contributed by atoms with Crippen molar-refractivity contribution in [2.75, 3.05) is 13.6 Å². The molecule has 1 aliphatic rings. The molecular weight excluding hydrogens is 380 g/mol. The van der Waals surface area contributed by atoms with Gasteiger partial charge in [0.25, 0.3) is 0 Å². The number of rotatable bonds is 7. The van der Waals surface area contributed by atoms with Crippen molar-refractivity contribution in [1.82, 2.24) is 25.0 Å². The second kappa shape index (κ2) is 9.82. The molecule has 2 aromatic rings. The number of aliphatic imine (C=N–C) groups is 1. The zero-order valence-corrected chi connectivity index (χ0v) is 18.6. The highest BCUT2D eigenvalue weighted by Crippen LogP contribution is 2.22. The molecule has 0 saturated heterocycles. The highest BCUT2D eigenvalue weighted by Gasteiger charge is 2.16. The van der Waals surface area contributed by atoms with Crippen LogP contribution in [0, 0.1) is 0 Å². The molecule has 0 saturated carbocycles. The number of nitrogens with zero attached hydrogens (tertiary/aromatic N) is 4. The van der Waals surface area contributed by atoms with E-state index in [9.17, 15) is 4.79 Å². The van der Waals surface area contributed by atoms with Crippen LogP contribution in [0.4, 0.5) is 0 Å². The number of fused-ring (bicyclic) bond motifs is 1. The van der Waals surface area contributed by atoms with Gasteiger partial charge >= 0.3 is 5.69 Å². The van der Waals surface area contributed by atoms with E-state index in [2.05, 4.69) is 20.7 Å². The summed E-state index contributed by atoms with van der Waals surface area (Å²) in [6.45, 7) is 8.83. The maximum atomic E-state index is 12.4. The van der Waals surface area contributed by atoms with Crippen LogP contribution in [0.5, 0.6) is 5.75 Å². The van der Waals surface area contributed by atoms with Gasteiger partial charge in [-0.25, -0.2) is 9.48 Å². The number of nitrogens with one attached hydrogen (secondary N) is 2. The number of hydrogen-bond acceptors (Lipinski definition) is 4. The van der Waals surface area contributed by atoms with Crippen molar-refractivity contribution in [3.8, 4) is 5.75 Å². The summed E-state index contributed by atoms with van der Waals surface area (Å²) in [6, 6.07) is 8.02. The highest BCUT2D eigenvalue weighted by molar-refractivity contribution is 5.79. The lowest BCUT2D eigenvalue weighted by molar-refractivity contribution is 0.129. The Labute approximate surface area is 178 Å². The summed E-state index contributed by atoms with van der Waals surface area (Å²) in [7, 11) is 1.75. The summed E-state index contributed by atoms with van der Waals surface area (Å²) in [5, 5.41) is 11.1. The molecule has 2 heterocycles. The first-order valence-corrected chi connectivity index (χ1v) is 10.8. The van der Waals surface area contributed by atoms with Gasteiger partial charge in [-0.3, -0.25) is 9.56 Å². The molecule has 0 aliphatic carbocycles. The fourth-order valence-electron chi connectivity index (χ4n) is 3.51. The van der Waals surface area contributed by atoms with Gasteiger partial charge in [0, 0.05) is 45.2 Å². The Morgan fingerprint density at radius 3 is 2.77 bits per heavy atom. The van der Waals surface area contributed by atoms with Crippen molar-refractivity contribution in [2.45, 2.75) is 71.7 Å². The SMILES string of the molecule is CN=C(NCCCn1nc2n(c1=O)CCCC2)NCc1ccccc1OC(C)(C)C. The maximum absolute atomic E-state index is 12.4. The van der Waals surface area contributed by atoms with Crippen molar-refractivity contribution in [3.05, 3.63) is 46.1 Å². The lowest BCUT2D eigenvalue weighted by Gasteiger charge is -2.23. The van der Waals surface area contributed by atoms with Gasteiger partial charge in [0.05, 0.1) is 0 Å². The summed E-state index contributed by atoms with van der Waals surface area (Å²) < 4.78 is 9.46. The molecule has 2 N–H and O–H groups in total. The number of aryl methyl sites for hydroxylation is 2. The molecule has 0 unspecified atom stereocenters. The van der Waals surface area contributed by atoms with Gasteiger partial charge in [0.1, 0.15) is 17.2 Å². The first kappa shape index (κ1) is 21.9. The molecule has 0 fully saturated rings. The first-order valence-electron chi connectivity index (χ1n) is 10.8. The van der Waals surface area contributed by atoms with Crippen LogP contribution in [0.1, 0.15) is 51.4 Å². The molecule has 164 valence electrons. The second-order valence-electron chi connectivity index (χ2n) is 8.56. The summed E-state index contributed by atoms with van der Waals surface area (Å²) in [5.74, 6) is 2.51. The van der Waals surface area contributed by atoms with E-state index in [1.165, 1.54) is 0 Å². The third kappa shape index (κ3) is 5.87. The van der Waals surface area contributed by atoms with Gasteiger partial charge in [0.2, 0.25) is 0 Å². The Balaban J connectivity index is 1.47. The molecule has 0 atom stereocenters. The Hall–Kier alpha value is -2.77. The van der Waals surface area contributed by atoms with E-state index in [4.69, 9.17) is 4.74 Å². The molecule has 30 heavy (non-hydrogen) atoms. The van der Waals surface area contributed by atoms with Crippen LogP contribution in [0.3, 0.4) is 0 Å². The molecule has 8 nitrogen and oxygen atoms in total. The van der Waals surface area contributed by atoms with Crippen molar-refractivity contribution in [2.24, 2.45) is 4.99 Å². The molecule has 0 amide bonds. The van der Waals surface area contributed by atoms with Crippen LogP contribution in [0.15, 0.2) is 34.1 Å². The van der Waals surface area contributed by atoms with Gasteiger partial charge in [-0.2, -0.15) is 5.10 Å². The fourth-order valence-corrected chi connectivity index (χ4v) is 3.51. The van der Waals surface area contributed by atoms with E-state index in [0.717, 1.165) is 55.3 Å². The second-order valence-corrected chi connectivity index (χ2v) is 8.56. The minimum atomic E-state index is -0.250. The smallest absolute Gasteiger partial charge is 0.345 e. The topological polar surface area (TPSA) is 85.5 Å². The van der Waals surface area contributed by atoms with Crippen LogP contribution in [-0.2, 0) is 26.1 Å². The first-order chi connectivity index (χ1) is 14.4. The van der Waals surface area contributed by atoms with Gasteiger partial charge in [0.15, 0.2) is 5.96 Å². The summed E-state index contributed by atoms with van der Waals surface area (Å²) in [5.41, 5.74) is 0.841. The minimum Gasteiger partial charge on any atom is -0.488 e. The zero-order valence-electron chi connectivity index (χ0n) is 18.6. The van der Waals surface area contributed by atoms with Crippen molar-refractivity contribution in [3.63, 3.8) is 0 Å². The average Bonchev–Trinajstić information content (AvgIpc) is 3.03. The summed E-state index contributed by atoms with van der Waals surface area (Å²) in [6.07, 6.45) is 3.87. The Kier molecular flexibility index (Phi) is 7.18. The summed E-state index contributed by atoms with van der Waals surface area (Å²) >= 11 is 0. The number of ether oxygens (including phenoxy) is 1. The van der Waals surface area contributed by atoms with Crippen molar-refractivity contribution in [1.29, 1.82) is 0 Å². The molecule has 0 bridgehead atoms. The van der Waals surface area contributed by atoms with E-state index in [0.29, 0.717) is 19.6 Å². The Morgan fingerprint density at radius 2 is 2.03 bits per heavy atom. The Morgan fingerprint density at radius 1 is 1.23 bits per heavy atom. The predicted octanol–water partition coefficient (Wildman–Crippen LogP) is 2.31. The van der Waals surface area contributed by atoms with Gasteiger partial charge in [-0.1, -0.05) is 18.2 Å². The van der Waals surface area contributed by atoms with Crippen LogP contribution >= 0.6 is 0 Å². The standard InChI is InChI=1S/C22H34N6O2/c1-22(2,3)30-18-11-6-5-10-17(18)16-25-20(23-4)24-13-9-15-28-21(29)27-14-8-7-12-19(27)26-28/h5-6,10-11H,7-9,12-16H2,1-4H3,(H2,23,24,25). The largest absolute Gasteiger partial charge is 0.488 e. The fraction of sp³-hybridized carbons (Fsp3) is 0.591. The minimum absolute atomic E-state index is 0.0164. The number of para-hydroxylation sites is 1.